The van der Waals surface area contributed by atoms with Crippen molar-refractivity contribution in [1.29, 1.82) is 0 Å². The van der Waals surface area contributed by atoms with Gasteiger partial charge in [0.1, 0.15) is 0 Å². The van der Waals surface area contributed by atoms with Crippen molar-refractivity contribution in [2.45, 2.75) is 32.0 Å². The number of halogens is 2. The van der Waals surface area contributed by atoms with Crippen molar-refractivity contribution in [3.8, 4) is 0 Å². The number of benzene rings is 2. The van der Waals surface area contributed by atoms with Crippen LogP contribution in [0.4, 0.5) is 0 Å². The number of carbonyl (C=O) groups excluding carboxylic acids is 1. The molecule has 0 unspecified atom stereocenters. The zero-order valence-electron chi connectivity index (χ0n) is 17.7. The van der Waals surface area contributed by atoms with Crippen molar-refractivity contribution in [3.63, 3.8) is 0 Å². The van der Waals surface area contributed by atoms with Crippen LogP contribution in [0, 0.1) is 0 Å². The average Bonchev–Trinajstić information content (AvgIpc) is 3.19. The standard InChI is InChI=1S/C25H27Cl2N3O/c1-28-13-5-8-22(28)18-30(25(31)20-9-10-23(26)24(27)16-20)21-11-14-29(15-12-21)17-19-6-3-2-4-7-19/h2-10,13,16,21H,11-12,14-15,17-18H2,1H3. The largest absolute Gasteiger partial charge is 0.353 e. The molecule has 0 radical (unpaired) electrons. The fourth-order valence-corrected chi connectivity index (χ4v) is 4.53. The van der Waals surface area contributed by atoms with E-state index in [1.807, 2.05) is 30.3 Å². The highest BCUT2D eigenvalue weighted by atomic mass is 35.5. The first-order valence-corrected chi connectivity index (χ1v) is 11.4. The summed E-state index contributed by atoms with van der Waals surface area (Å²) in [5.41, 5.74) is 3.02. The van der Waals surface area contributed by atoms with Gasteiger partial charge in [0.2, 0.25) is 0 Å². The molecule has 0 saturated carbocycles. The van der Waals surface area contributed by atoms with Crippen molar-refractivity contribution in [3.05, 3.63) is 93.7 Å². The molecule has 1 amide bonds. The molecule has 1 aliphatic heterocycles. The van der Waals surface area contributed by atoms with Crippen LogP contribution in [0.2, 0.25) is 10.0 Å². The van der Waals surface area contributed by atoms with E-state index >= 15 is 0 Å². The lowest BCUT2D eigenvalue weighted by atomic mass is 10.0. The lowest BCUT2D eigenvalue weighted by molar-refractivity contribution is 0.0537. The van der Waals surface area contributed by atoms with Gasteiger partial charge in [-0.3, -0.25) is 9.69 Å². The van der Waals surface area contributed by atoms with E-state index in [1.54, 1.807) is 18.2 Å². The number of amides is 1. The van der Waals surface area contributed by atoms with E-state index in [-0.39, 0.29) is 11.9 Å². The third kappa shape index (κ3) is 5.32. The Labute approximate surface area is 194 Å². The molecular weight excluding hydrogens is 429 g/mol. The van der Waals surface area contributed by atoms with E-state index in [0.717, 1.165) is 38.2 Å². The minimum absolute atomic E-state index is 0.00118. The Morgan fingerprint density at radius 3 is 2.39 bits per heavy atom. The number of carbonyl (C=O) groups is 1. The van der Waals surface area contributed by atoms with Crippen molar-refractivity contribution in [2.75, 3.05) is 13.1 Å². The molecule has 4 nitrogen and oxygen atoms in total. The maximum absolute atomic E-state index is 13.5. The minimum Gasteiger partial charge on any atom is -0.353 e. The van der Waals surface area contributed by atoms with Crippen LogP contribution >= 0.6 is 23.2 Å². The molecule has 1 aliphatic rings. The van der Waals surface area contributed by atoms with Crippen molar-refractivity contribution < 1.29 is 4.79 Å². The van der Waals surface area contributed by atoms with Gasteiger partial charge in [-0.15, -0.1) is 0 Å². The van der Waals surface area contributed by atoms with Gasteiger partial charge in [-0.05, 0) is 48.7 Å². The van der Waals surface area contributed by atoms with Crippen LogP contribution < -0.4 is 0 Å². The van der Waals surface area contributed by atoms with Gasteiger partial charge in [0, 0.05) is 50.2 Å². The summed E-state index contributed by atoms with van der Waals surface area (Å²) in [5.74, 6) is 0.00118. The molecule has 2 heterocycles. The van der Waals surface area contributed by atoms with Crippen LogP contribution in [0.5, 0.6) is 0 Å². The van der Waals surface area contributed by atoms with Gasteiger partial charge in [-0.2, -0.15) is 0 Å². The molecule has 1 fully saturated rings. The van der Waals surface area contributed by atoms with Crippen LogP contribution in [0.3, 0.4) is 0 Å². The summed E-state index contributed by atoms with van der Waals surface area (Å²) in [4.78, 5) is 18.0. The van der Waals surface area contributed by atoms with E-state index < -0.39 is 0 Å². The Morgan fingerprint density at radius 1 is 1.00 bits per heavy atom. The summed E-state index contributed by atoms with van der Waals surface area (Å²) >= 11 is 12.3. The van der Waals surface area contributed by atoms with Gasteiger partial charge in [0.15, 0.2) is 0 Å². The first-order chi connectivity index (χ1) is 15.0. The molecule has 1 saturated heterocycles. The number of likely N-dealkylation sites (tertiary alicyclic amines) is 1. The number of aryl methyl sites for hydroxylation is 1. The summed E-state index contributed by atoms with van der Waals surface area (Å²) in [6.45, 7) is 3.47. The van der Waals surface area contributed by atoms with Gasteiger partial charge in [0.05, 0.1) is 16.6 Å². The van der Waals surface area contributed by atoms with E-state index in [0.29, 0.717) is 22.2 Å². The SMILES string of the molecule is Cn1cccc1CN(C(=O)c1ccc(Cl)c(Cl)c1)C1CCN(Cc2ccccc2)CC1. The van der Waals surface area contributed by atoms with Gasteiger partial charge in [-0.1, -0.05) is 53.5 Å². The highest BCUT2D eigenvalue weighted by Gasteiger charge is 2.29. The van der Waals surface area contributed by atoms with Gasteiger partial charge < -0.3 is 9.47 Å². The van der Waals surface area contributed by atoms with E-state index in [9.17, 15) is 4.79 Å². The van der Waals surface area contributed by atoms with Crippen LogP contribution in [-0.2, 0) is 20.1 Å². The van der Waals surface area contributed by atoms with Gasteiger partial charge in [0.25, 0.3) is 5.91 Å². The Kier molecular flexibility index (Phi) is 7.01. The van der Waals surface area contributed by atoms with Crippen LogP contribution in [0.1, 0.15) is 34.5 Å². The molecule has 0 aliphatic carbocycles. The highest BCUT2D eigenvalue weighted by molar-refractivity contribution is 6.42. The molecule has 162 valence electrons. The number of hydrogen-bond donors (Lipinski definition) is 0. The second-order valence-electron chi connectivity index (χ2n) is 8.17. The Morgan fingerprint density at radius 2 is 1.74 bits per heavy atom. The van der Waals surface area contributed by atoms with Crippen molar-refractivity contribution >= 4 is 29.1 Å². The second kappa shape index (κ2) is 9.90. The topological polar surface area (TPSA) is 28.5 Å². The van der Waals surface area contributed by atoms with Crippen molar-refractivity contribution in [1.82, 2.24) is 14.4 Å². The molecule has 31 heavy (non-hydrogen) atoms. The quantitative estimate of drug-likeness (QED) is 0.481. The monoisotopic (exact) mass is 455 g/mol. The number of piperidine rings is 1. The lowest BCUT2D eigenvalue weighted by Gasteiger charge is -2.39. The summed E-state index contributed by atoms with van der Waals surface area (Å²) in [7, 11) is 2.01. The zero-order valence-corrected chi connectivity index (χ0v) is 19.2. The molecule has 4 rings (SSSR count). The smallest absolute Gasteiger partial charge is 0.254 e. The molecule has 3 aromatic rings. The summed E-state index contributed by atoms with van der Waals surface area (Å²) < 4.78 is 2.07. The third-order valence-electron chi connectivity index (χ3n) is 6.06. The fourth-order valence-electron chi connectivity index (χ4n) is 4.23. The van der Waals surface area contributed by atoms with Crippen LogP contribution in [0.25, 0.3) is 0 Å². The zero-order chi connectivity index (χ0) is 21.8. The first-order valence-electron chi connectivity index (χ1n) is 10.6. The Hall–Kier alpha value is -2.27. The predicted molar refractivity (Wildman–Crippen MR) is 126 cm³/mol. The Balaban J connectivity index is 1.50. The van der Waals surface area contributed by atoms with Crippen LogP contribution in [0.15, 0.2) is 66.9 Å². The van der Waals surface area contributed by atoms with Gasteiger partial charge >= 0.3 is 0 Å². The molecule has 0 bridgehead atoms. The number of rotatable bonds is 6. The normalized spacial score (nSPS) is 15.2. The molecule has 0 spiro atoms. The first kappa shape index (κ1) is 21.9. The lowest BCUT2D eigenvalue weighted by Crippen LogP contribution is -2.47. The fraction of sp³-hybridized carbons (Fsp3) is 0.320. The summed E-state index contributed by atoms with van der Waals surface area (Å²) in [6, 6.07) is 19.9. The predicted octanol–water partition coefficient (Wildman–Crippen LogP) is 5.64. The van der Waals surface area contributed by atoms with Crippen LogP contribution in [-0.4, -0.2) is 39.4 Å². The minimum atomic E-state index is 0.00118. The number of hydrogen-bond acceptors (Lipinski definition) is 2. The maximum atomic E-state index is 13.5. The molecular formula is C25H27Cl2N3O. The van der Waals surface area contributed by atoms with E-state index in [2.05, 4.69) is 39.8 Å². The second-order valence-corrected chi connectivity index (χ2v) is 8.98. The summed E-state index contributed by atoms with van der Waals surface area (Å²) in [5, 5.41) is 0.866. The van der Waals surface area contributed by atoms with Crippen molar-refractivity contribution in [2.24, 2.45) is 7.05 Å². The molecule has 0 atom stereocenters. The van der Waals surface area contributed by atoms with E-state index in [4.69, 9.17) is 23.2 Å². The average molecular weight is 456 g/mol. The summed E-state index contributed by atoms with van der Waals surface area (Å²) in [6.07, 6.45) is 3.91. The maximum Gasteiger partial charge on any atom is 0.254 e. The molecule has 0 N–H and O–H groups in total. The highest BCUT2D eigenvalue weighted by Crippen LogP contribution is 2.26. The van der Waals surface area contributed by atoms with Gasteiger partial charge in [-0.25, -0.2) is 0 Å². The number of aromatic nitrogens is 1. The number of nitrogens with zero attached hydrogens (tertiary/aromatic N) is 3. The Bertz CT molecular complexity index is 1030. The molecule has 1 aromatic heterocycles. The molecule has 6 heteroatoms. The van der Waals surface area contributed by atoms with E-state index in [1.165, 1.54) is 5.56 Å². The molecule has 2 aromatic carbocycles. The third-order valence-corrected chi connectivity index (χ3v) is 6.80.